The average Bonchev–Trinajstić information content (AvgIpc) is 2.71. The zero-order valence-corrected chi connectivity index (χ0v) is 9.37. The molecule has 2 rings (SSSR count). The van der Waals surface area contributed by atoms with E-state index in [1.807, 2.05) is 0 Å². The molecule has 0 unspecified atom stereocenters. The second kappa shape index (κ2) is 3.63. The van der Waals surface area contributed by atoms with Crippen LogP contribution in [0.3, 0.4) is 0 Å². The smallest absolute Gasteiger partial charge is 0.353 e. The number of hydrogen-bond acceptors (Lipinski definition) is 4. The van der Waals surface area contributed by atoms with Crippen LogP contribution in [0.1, 0.15) is 16.2 Å². The van der Waals surface area contributed by atoms with Crippen LogP contribution < -0.4 is 0 Å². The van der Waals surface area contributed by atoms with Crippen LogP contribution in [0.2, 0.25) is 0 Å². The molecule has 0 saturated heterocycles. The highest BCUT2D eigenvalue weighted by Gasteiger charge is 2.17. The maximum absolute atomic E-state index is 10.9. The lowest BCUT2D eigenvalue weighted by molar-refractivity contribution is 0.0692. The molecule has 0 amide bonds. The summed E-state index contributed by atoms with van der Waals surface area (Å²) in [5, 5.41) is 8.93. The minimum Gasteiger partial charge on any atom is -0.477 e. The van der Waals surface area contributed by atoms with Crippen molar-refractivity contribution in [1.29, 1.82) is 0 Å². The molecule has 2 aromatic heterocycles. The number of aromatic nitrogens is 1. The Morgan fingerprint density at radius 2 is 2.33 bits per heavy atom. The van der Waals surface area contributed by atoms with Gasteiger partial charge in [-0.25, -0.2) is 4.79 Å². The van der Waals surface area contributed by atoms with Crippen LogP contribution in [-0.2, 0) is 0 Å². The van der Waals surface area contributed by atoms with E-state index in [1.54, 1.807) is 19.1 Å². The van der Waals surface area contributed by atoms with Crippen LogP contribution in [0.15, 0.2) is 16.5 Å². The molecule has 0 fully saturated rings. The third kappa shape index (κ3) is 1.86. The number of aromatic amines is 1. The zero-order valence-electron chi connectivity index (χ0n) is 7.73. The number of thiazole rings is 1. The highest BCUT2D eigenvalue weighted by molar-refractivity contribution is 7.73. The zero-order chi connectivity index (χ0) is 11.0. The fraction of sp³-hybridized carbons (Fsp3) is 0.111. The SMILES string of the molecule is Cc1ccc(-c2sc(=S)[nH]c2C(=O)O)o1. The molecule has 15 heavy (non-hydrogen) atoms. The largest absolute Gasteiger partial charge is 0.477 e. The van der Waals surface area contributed by atoms with E-state index in [1.165, 1.54) is 11.3 Å². The highest BCUT2D eigenvalue weighted by atomic mass is 32.1. The molecule has 2 aromatic rings. The predicted molar refractivity (Wildman–Crippen MR) is 58.9 cm³/mol. The van der Waals surface area contributed by atoms with Gasteiger partial charge in [-0.3, -0.25) is 0 Å². The van der Waals surface area contributed by atoms with Crippen molar-refractivity contribution in [2.45, 2.75) is 6.92 Å². The summed E-state index contributed by atoms with van der Waals surface area (Å²) in [5.74, 6) is 0.231. The number of aromatic carboxylic acids is 1. The molecular weight excluding hydrogens is 234 g/mol. The van der Waals surface area contributed by atoms with Crippen molar-refractivity contribution in [3.05, 3.63) is 27.5 Å². The van der Waals surface area contributed by atoms with Crippen LogP contribution in [-0.4, -0.2) is 16.1 Å². The van der Waals surface area contributed by atoms with Gasteiger partial charge >= 0.3 is 5.97 Å². The fourth-order valence-corrected chi connectivity index (χ4v) is 2.35. The average molecular weight is 241 g/mol. The van der Waals surface area contributed by atoms with Crippen molar-refractivity contribution in [3.63, 3.8) is 0 Å². The molecule has 78 valence electrons. The number of H-pyrrole nitrogens is 1. The maximum Gasteiger partial charge on any atom is 0.353 e. The van der Waals surface area contributed by atoms with Gasteiger partial charge in [0.05, 0.1) is 0 Å². The minimum absolute atomic E-state index is 0.0827. The summed E-state index contributed by atoms with van der Waals surface area (Å²) in [4.78, 5) is 14.1. The standard InChI is InChI=1S/C9H7NO3S2/c1-4-2-3-5(13-4)7-6(8(11)12)10-9(14)15-7/h2-3H,1H3,(H,10,14)(H,11,12). The van der Waals surface area contributed by atoms with Gasteiger partial charge in [-0.15, -0.1) is 11.3 Å². The van der Waals surface area contributed by atoms with Gasteiger partial charge in [-0.2, -0.15) is 0 Å². The van der Waals surface area contributed by atoms with E-state index in [4.69, 9.17) is 21.7 Å². The first-order chi connectivity index (χ1) is 7.08. The summed E-state index contributed by atoms with van der Waals surface area (Å²) in [5.41, 5.74) is 0.0827. The van der Waals surface area contributed by atoms with E-state index in [0.717, 1.165) is 5.76 Å². The summed E-state index contributed by atoms with van der Waals surface area (Å²) < 4.78 is 5.78. The van der Waals surface area contributed by atoms with Gasteiger partial charge in [0.2, 0.25) is 0 Å². The van der Waals surface area contributed by atoms with Crippen molar-refractivity contribution >= 4 is 29.5 Å². The number of carboxylic acids is 1. The lowest BCUT2D eigenvalue weighted by Crippen LogP contribution is -1.97. The van der Waals surface area contributed by atoms with Gasteiger partial charge in [0.15, 0.2) is 3.95 Å². The van der Waals surface area contributed by atoms with E-state index in [9.17, 15) is 4.79 Å². The Labute approximate surface area is 94.2 Å². The first kappa shape index (κ1) is 10.1. The lowest BCUT2D eigenvalue weighted by atomic mass is 10.3. The molecule has 0 aromatic carbocycles. The van der Waals surface area contributed by atoms with Crippen LogP contribution in [0.25, 0.3) is 10.6 Å². The summed E-state index contributed by atoms with van der Waals surface area (Å²) >= 11 is 6.10. The van der Waals surface area contributed by atoms with Crippen molar-refractivity contribution in [1.82, 2.24) is 4.98 Å². The number of rotatable bonds is 2. The van der Waals surface area contributed by atoms with E-state index in [-0.39, 0.29) is 5.69 Å². The highest BCUT2D eigenvalue weighted by Crippen LogP contribution is 2.30. The van der Waals surface area contributed by atoms with Crippen molar-refractivity contribution < 1.29 is 14.3 Å². The predicted octanol–water partition coefficient (Wildman–Crippen LogP) is 3.07. The number of aryl methyl sites for hydroxylation is 1. The monoisotopic (exact) mass is 241 g/mol. The third-order valence-electron chi connectivity index (χ3n) is 1.83. The Bertz CT molecular complexity index is 564. The Morgan fingerprint density at radius 1 is 1.60 bits per heavy atom. The van der Waals surface area contributed by atoms with Gasteiger partial charge in [0.1, 0.15) is 22.1 Å². The molecule has 0 aliphatic heterocycles. The number of nitrogens with one attached hydrogen (secondary N) is 1. The molecule has 0 aliphatic carbocycles. The van der Waals surface area contributed by atoms with Crippen LogP contribution in [0.4, 0.5) is 0 Å². The van der Waals surface area contributed by atoms with Gasteiger partial charge in [0.25, 0.3) is 0 Å². The first-order valence-electron chi connectivity index (χ1n) is 4.11. The summed E-state index contributed by atoms with van der Waals surface area (Å²) in [6.07, 6.45) is 0. The van der Waals surface area contributed by atoms with Crippen LogP contribution in [0.5, 0.6) is 0 Å². The topological polar surface area (TPSA) is 66.2 Å². The second-order valence-corrected chi connectivity index (χ2v) is 4.62. The Balaban J connectivity index is 2.61. The second-order valence-electron chi connectivity index (χ2n) is 2.93. The fourth-order valence-electron chi connectivity index (χ4n) is 1.21. The summed E-state index contributed by atoms with van der Waals surface area (Å²) in [6, 6.07) is 3.51. The molecule has 2 heterocycles. The number of carbonyl (C=O) groups is 1. The van der Waals surface area contributed by atoms with Crippen molar-refractivity contribution in [2.75, 3.05) is 0 Å². The quantitative estimate of drug-likeness (QED) is 0.793. The van der Waals surface area contributed by atoms with Gasteiger partial charge in [0, 0.05) is 0 Å². The van der Waals surface area contributed by atoms with Crippen molar-refractivity contribution in [2.24, 2.45) is 0 Å². The normalized spacial score (nSPS) is 10.5. The number of hydrogen-bond donors (Lipinski definition) is 2. The molecule has 0 aliphatic rings. The van der Waals surface area contributed by atoms with E-state index in [2.05, 4.69) is 4.98 Å². The Kier molecular flexibility index (Phi) is 2.45. The first-order valence-corrected chi connectivity index (χ1v) is 5.33. The molecule has 6 heteroatoms. The molecule has 0 atom stereocenters. The maximum atomic E-state index is 10.9. The third-order valence-corrected chi connectivity index (χ3v) is 3.08. The molecule has 2 N–H and O–H groups in total. The van der Waals surface area contributed by atoms with E-state index < -0.39 is 5.97 Å². The molecule has 0 saturated carbocycles. The molecule has 0 bridgehead atoms. The summed E-state index contributed by atoms with van der Waals surface area (Å²) in [6.45, 7) is 1.80. The molecule has 0 radical (unpaired) electrons. The number of furan rings is 1. The van der Waals surface area contributed by atoms with Crippen molar-refractivity contribution in [3.8, 4) is 10.6 Å². The Hall–Kier alpha value is -1.40. The molecule has 0 spiro atoms. The van der Waals surface area contributed by atoms with Crippen LogP contribution >= 0.6 is 23.6 Å². The Morgan fingerprint density at radius 3 is 2.87 bits per heavy atom. The summed E-state index contributed by atoms with van der Waals surface area (Å²) in [7, 11) is 0. The lowest BCUT2D eigenvalue weighted by Gasteiger charge is -1.93. The van der Waals surface area contributed by atoms with E-state index >= 15 is 0 Å². The molecule has 4 nitrogen and oxygen atoms in total. The van der Waals surface area contributed by atoms with E-state index in [0.29, 0.717) is 14.6 Å². The van der Waals surface area contributed by atoms with Gasteiger partial charge in [-0.1, -0.05) is 0 Å². The van der Waals surface area contributed by atoms with Gasteiger partial charge < -0.3 is 14.5 Å². The molecular formula is C9H7NO3S2. The van der Waals surface area contributed by atoms with Crippen LogP contribution in [0, 0.1) is 10.9 Å². The number of carboxylic acid groups (broad SMARTS) is 1. The minimum atomic E-state index is -1.04. The van der Waals surface area contributed by atoms with Gasteiger partial charge in [-0.05, 0) is 31.3 Å².